The number of amides is 1. The number of hydrogen-bond acceptors (Lipinski definition) is 5. The second-order valence-electron chi connectivity index (χ2n) is 7.75. The number of aliphatic hydroxyl groups is 1. The van der Waals surface area contributed by atoms with Gasteiger partial charge in [0.25, 0.3) is 0 Å². The van der Waals surface area contributed by atoms with Crippen molar-refractivity contribution in [2.75, 3.05) is 13.2 Å². The molecular formula is C20H30N2O5S. The lowest BCUT2D eigenvalue weighted by Gasteiger charge is -2.37. The first-order valence-corrected chi connectivity index (χ1v) is 11.5. The molecule has 0 bridgehead atoms. The molecule has 2 fully saturated rings. The van der Waals surface area contributed by atoms with Gasteiger partial charge in [-0.25, -0.2) is 13.1 Å². The largest absolute Gasteiger partial charge is 0.394 e. The SMILES string of the molecule is Cc1ccccc1S(=O)(=O)NCC[C@H]1CC[C@@H](NC(=O)C2CCC2)[C@H](CO)O1. The van der Waals surface area contributed by atoms with Crippen LogP contribution in [-0.2, 0) is 19.6 Å². The van der Waals surface area contributed by atoms with Crippen LogP contribution >= 0.6 is 0 Å². The average Bonchev–Trinajstić information content (AvgIpc) is 2.61. The topological polar surface area (TPSA) is 105 Å². The van der Waals surface area contributed by atoms with E-state index < -0.39 is 16.1 Å². The van der Waals surface area contributed by atoms with Gasteiger partial charge in [-0.05, 0) is 50.7 Å². The van der Waals surface area contributed by atoms with E-state index in [-0.39, 0.29) is 42.0 Å². The van der Waals surface area contributed by atoms with E-state index in [1.165, 1.54) is 0 Å². The number of sulfonamides is 1. The van der Waals surface area contributed by atoms with E-state index in [4.69, 9.17) is 4.74 Å². The van der Waals surface area contributed by atoms with Crippen molar-refractivity contribution in [2.45, 2.75) is 68.6 Å². The molecule has 1 saturated heterocycles. The smallest absolute Gasteiger partial charge is 0.240 e. The zero-order valence-corrected chi connectivity index (χ0v) is 17.1. The van der Waals surface area contributed by atoms with E-state index in [0.29, 0.717) is 12.0 Å². The lowest BCUT2D eigenvalue weighted by molar-refractivity contribution is -0.134. The maximum atomic E-state index is 12.4. The lowest BCUT2D eigenvalue weighted by Crippen LogP contribution is -2.53. The van der Waals surface area contributed by atoms with Crippen molar-refractivity contribution in [3.05, 3.63) is 29.8 Å². The zero-order valence-electron chi connectivity index (χ0n) is 16.3. The van der Waals surface area contributed by atoms with Crippen molar-refractivity contribution < 1.29 is 23.1 Å². The van der Waals surface area contributed by atoms with Crippen molar-refractivity contribution in [2.24, 2.45) is 5.92 Å². The monoisotopic (exact) mass is 410 g/mol. The molecule has 8 heteroatoms. The summed E-state index contributed by atoms with van der Waals surface area (Å²) in [6.45, 7) is 1.86. The van der Waals surface area contributed by atoms with Crippen molar-refractivity contribution >= 4 is 15.9 Å². The van der Waals surface area contributed by atoms with E-state index in [9.17, 15) is 18.3 Å². The Morgan fingerprint density at radius 1 is 1.21 bits per heavy atom. The molecule has 1 saturated carbocycles. The van der Waals surface area contributed by atoms with Gasteiger partial charge in [0.1, 0.15) is 6.10 Å². The third-order valence-corrected chi connectivity index (χ3v) is 7.36. The van der Waals surface area contributed by atoms with E-state index >= 15 is 0 Å². The predicted molar refractivity (Wildman–Crippen MR) is 105 cm³/mol. The Morgan fingerprint density at radius 3 is 2.61 bits per heavy atom. The molecule has 156 valence electrons. The van der Waals surface area contributed by atoms with Crippen LogP contribution in [-0.4, -0.2) is 50.8 Å². The second-order valence-corrected chi connectivity index (χ2v) is 9.49. The van der Waals surface area contributed by atoms with Crippen molar-refractivity contribution in [3.8, 4) is 0 Å². The highest BCUT2D eigenvalue weighted by molar-refractivity contribution is 7.89. The van der Waals surface area contributed by atoms with Crippen molar-refractivity contribution in [1.82, 2.24) is 10.0 Å². The minimum atomic E-state index is -3.56. The molecule has 0 radical (unpaired) electrons. The fraction of sp³-hybridized carbons (Fsp3) is 0.650. The van der Waals surface area contributed by atoms with Gasteiger partial charge >= 0.3 is 0 Å². The molecule has 0 aromatic heterocycles. The summed E-state index contributed by atoms with van der Waals surface area (Å²) in [4.78, 5) is 12.4. The van der Waals surface area contributed by atoms with Crippen LogP contribution < -0.4 is 10.0 Å². The lowest BCUT2D eigenvalue weighted by atomic mass is 9.84. The molecule has 0 unspecified atom stereocenters. The van der Waals surface area contributed by atoms with Crippen LogP contribution in [0, 0.1) is 12.8 Å². The van der Waals surface area contributed by atoms with Gasteiger partial charge in [-0.2, -0.15) is 0 Å². The van der Waals surface area contributed by atoms with Crippen LogP contribution in [0.4, 0.5) is 0 Å². The molecule has 28 heavy (non-hydrogen) atoms. The molecule has 2 aliphatic rings. The summed E-state index contributed by atoms with van der Waals surface area (Å²) in [6, 6.07) is 6.68. The fourth-order valence-electron chi connectivity index (χ4n) is 3.77. The molecule has 1 aromatic carbocycles. The van der Waals surface area contributed by atoms with Crippen LogP contribution in [0.2, 0.25) is 0 Å². The van der Waals surface area contributed by atoms with Crippen LogP contribution in [0.5, 0.6) is 0 Å². The van der Waals surface area contributed by atoms with Crippen LogP contribution in [0.15, 0.2) is 29.2 Å². The third-order valence-electron chi connectivity index (χ3n) is 5.74. The summed E-state index contributed by atoms with van der Waals surface area (Å²) >= 11 is 0. The van der Waals surface area contributed by atoms with Gasteiger partial charge in [0.15, 0.2) is 0 Å². The maximum Gasteiger partial charge on any atom is 0.240 e. The highest BCUT2D eigenvalue weighted by Gasteiger charge is 2.34. The molecule has 3 atom stereocenters. The highest BCUT2D eigenvalue weighted by Crippen LogP contribution is 2.28. The normalized spacial score (nSPS) is 25.9. The molecular weight excluding hydrogens is 380 g/mol. The maximum absolute atomic E-state index is 12.4. The summed E-state index contributed by atoms with van der Waals surface area (Å²) in [6.07, 6.45) is 4.34. The summed E-state index contributed by atoms with van der Waals surface area (Å²) in [5, 5.41) is 12.7. The van der Waals surface area contributed by atoms with E-state index in [0.717, 1.165) is 32.1 Å². The van der Waals surface area contributed by atoms with Crippen LogP contribution in [0.3, 0.4) is 0 Å². The molecule has 1 aromatic rings. The standard InChI is InChI=1S/C20H30N2O5S/c1-14-5-2-3-8-19(14)28(25,26)21-12-11-16-9-10-17(18(13-23)27-16)22-20(24)15-6-4-7-15/h2-3,5,8,15-18,21,23H,4,6-7,9-13H2,1H3,(H,22,24)/t16-,17-,18+/m1/s1. The number of carbonyl (C=O) groups is 1. The molecule has 1 aliphatic heterocycles. The Balaban J connectivity index is 1.47. The van der Waals surface area contributed by atoms with Crippen LogP contribution in [0.25, 0.3) is 0 Å². The van der Waals surface area contributed by atoms with Crippen molar-refractivity contribution in [1.29, 1.82) is 0 Å². The number of carbonyl (C=O) groups excluding carboxylic acids is 1. The Bertz CT molecular complexity index is 779. The Labute approximate surface area is 166 Å². The van der Waals surface area contributed by atoms with E-state index in [1.807, 2.05) is 0 Å². The number of hydrogen-bond donors (Lipinski definition) is 3. The third kappa shape index (κ3) is 5.11. The zero-order chi connectivity index (χ0) is 20.1. The molecule has 0 spiro atoms. The quantitative estimate of drug-likeness (QED) is 0.602. The Morgan fingerprint density at radius 2 is 1.96 bits per heavy atom. The first kappa shape index (κ1) is 21.2. The van der Waals surface area contributed by atoms with E-state index in [2.05, 4.69) is 10.0 Å². The van der Waals surface area contributed by atoms with E-state index in [1.54, 1.807) is 31.2 Å². The van der Waals surface area contributed by atoms with Gasteiger partial charge in [0, 0.05) is 12.5 Å². The highest BCUT2D eigenvalue weighted by atomic mass is 32.2. The second kappa shape index (κ2) is 9.35. The number of aryl methyl sites for hydroxylation is 1. The molecule has 1 amide bonds. The minimum absolute atomic E-state index is 0.0581. The molecule has 7 nitrogen and oxygen atoms in total. The van der Waals surface area contributed by atoms with Crippen molar-refractivity contribution in [3.63, 3.8) is 0 Å². The summed E-state index contributed by atoms with van der Waals surface area (Å²) < 4.78 is 33.4. The van der Waals surface area contributed by atoms with Gasteiger partial charge in [-0.3, -0.25) is 4.79 Å². The first-order chi connectivity index (χ1) is 13.4. The number of nitrogens with one attached hydrogen (secondary N) is 2. The Hall–Kier alpha value is -1.48. The summed E-state index contributed by atoms with van der Waals surface area (Å²) in [5.41, 5.74) is 0.703. The van der Waals surface area contributed by atoms with Gasteiger partial charge in [0.05, 0.1) is 23.6 Å². The predicted octanol–water partition coefficient (Wildman–Crippen LogP) is 1.49. The summed E-state index contributed by atoms with van der Waals surface area (Å²) in [7, 11) is -3.56. The van der Waals surface area contributed by atoms with Gasteiger partial charge < -0.3 is 15.2 Å². The van der Waals surface area contributed by atoms with Crippen LogP contribution in [0.1, 0.15) is 44.1 Å². The molecule has 1 aliphatic carbocycles. The fourth-order valence-corrected chi connectivity index (χ4v) is 5.06. The number of benzene rings is 1. The molecule has 3 N–H and O–H groups in total. The average molecular weight is 411 g/mol. The number of aliphatic hydroxyl groups excluding tert-OH is 1. The van der Waals surface area contributed by atoms with Gasteiger partial charge in [0.2, 0.25) is 15.9 Å². The minimum Gasteiger partial charge on any atom is -0.394 e. The van der Waals surface area contributed by atoms with Gasteiger partial charge in [-0.1, -0.05) is 24.6 Å². The Kier molecular flexibility index (Phi) is 7.09. The first-order valence-electron chi connectivity index (χ1n) is 10.0. The number of rotatable bonds is 8. The summed E-state index contributed by atoms with van der Waals surface area (Å²) in [5.74, 6) is 0.163. The molecule has 3 rings (SSSR count). The number of ether oxygens (including phenoxy) is 1. The molecule has 1 heterocycles. The van der Waals surface area contributed by atoms with Gasteiger partial charge in [-0.15, -0.1) is 0 Å².